The van der Waals surface area contributed by atoms with Crippen molar-refractivity contribution >= 4 is 5.69 Å². The van der Waals surface area contributed by atoms with Gasteiger partial charge < -0.3 is 5.73 Å². The van der Waals surface area contributed by atoms with Gasteiger partial charge in [-0.2, -0.15) is 0 Å². The number of nitrogens with two attached hydrogens (primary N) is 1. The van der Waals surface area contributed by atoms with Crippen LogP contribution in [-0.4, -0.2) is 23.0 Å². The highest BCUT2D eigenvalue weighted by Crippen LogP contribution is 2.24. The molecule has 0 unspecified atom stereocenters. The van der Waals surface area contributed by atoms with Crippen molar-refractivity contribution in [1.82, 2.24) is 9.88 Å². The first-order chi connectivity index (χ1) is 9.11. The summed E-state index contributed by atoms with van der Waals surface area (Å²) < 4.78 is 0. The molecule has 106 valence electrons. The Kier molecular flexibility index (Phi) is 4.81. The van der Waals surface area contributed by atoms with E-state index in [2.05, 4.69) is 23.7 Å². The molecule has 0 spiro atoms. The number of hydrogen-bond acceptors (Lipinski definition) is 3. The number of anilines is 1. The van der Waals surface area contributed by atoms with Crippen LogP contribution in [0.1, 0.15) is 49.4 Å². The lowest BCUT2D eigenvalue weighted by Crippen LogP contribution is -2.33. The van der Waals surface area contributed by atoms with Crippen LogP contribution in [0.2, 0.25) is 0 Å². The molecule has 0 aliphatic carbocycles. The van der Waals surface area contributed by atoms with Gasteiger partial charge in [-0.3, -0.25) is 9.88 Å². The lowest BCUT2D eigenvalue weighted by Gasteiger charge is -2.32. The van der Waals surface area contributed by atoms with Gasteiger partial charge in [0.1, 0.15) is 0 Å². The van der Waals surface area contributed by atoms with Gasteiger partial charge in [0.05, 0.1) is 5.69 Å². The number of nitrogen functional groups attached to an aromatic ring is 1. The summed E-state index contributed by atoms with van der Waals surface area (Å²) in [6.45, 7) is 9.77. The maximum absolute atomic E-state index is 6.09. The van der Waals surface area contributed by atoms with Crippen molar-refractivity contribution in [3.05, 3.63) is 23.0 Å². The van der Waals surface area contributed by atoms with E-state index in [9.17, 15) is 0 Å². The summed E-state index contributed by atoms with van der Waals surface area (Å²) in [5.74, 6) is 0.943. The zero-order valence-corrected chi connectivity index (χ0v) is 12.6. The summed E-state index contributed by atoms with van der Waals surface area (Å²) in [6, 6.07) is 0. The fraction of sp³-hybridized carbons (Fsp3) is 0.688. The molecule has 1 aromatic heterocycles. The smallest absolute Gasteiger partial charge is 0.0593 e. The molecule has 0 radical (unpaired) electrons. The van der Waals surface area contributed by atoms with Gasteiger partial charge in [-0.15, -0.1) is 0 Å². The lowest BCUT2D eigenvalue weighted by atomic mass is 9.92. The SMILES string of the molecule is CCCC1CCN(Cc2ncc(C)c(N)c2C)CC1. The zero-order chi connectivity index (χ0) is 13.8. The van der Waals surface area contributed by atoms with Crippen molar-refractivity contribution in [2.75, 3.05) is 18.8 Å². The minimum atomic E-state index is 0.908. The Hall–Kier alpha value is -1.09. The van der Waals surface area contributed by atoms with Crippen LogP contribution in [0.5, 0.6) is 0 Å². The second-order valence-corrected chi connectivity index (χ2v) is 5.93. The van der Waals surface area contributed by atoms with E-state index < -0.39 is 0 Å². The van der Waals surface area contributed by atoms with E-state index in [-0.39, 0.29) is 0 Å². The highest BCUT2D eigenvalue weighted by Gasteiger charge is 2.19. The molecule has 1 aliphatic rings. The number of pyridine rings is 1. The summed E-state index contributed by atoms with van der Waals surface area (Å²) in [6.07, 6.45) is 7.30. The number of nitrogens with zero attached hydrogens (tertiary/aromatic N) is 2. The second kappa shape index (κ2) is 6.38. The van der Waals surface area contributed by atoms with Crippen LogP contribution in [0, 0.1) is 19.8 Å². The topological polar surface area (TPSA) is 42.2 Å². The van der Waals surface area contributed by atoms with Crippen molar-refractivity contribution < 1.29 is 0 Å². The number of rotatable bonds is 4. The van der Waals surface area contributed by atoms with E-state index >= 15 is 0 Å². The third kappa shape index (κ3) is 3.47. The predicted molar refractivity (Wildman–Crippen MR) is 81.0 cm³/mol. The average Bonchev–Trinajstić information content (AvgIpc) is 2.42. The highest BCUT2D eigenvalue weighted by atomic mass is 15.1. The molecule has 2 N–H and O–H groups in total. The molecule has 0 amide bonds. The Labute approximate surface area is 117 Å². The number of aromatic nitrogens is 1. The fourth-order valence-electron chi connectivity index (χ4n) is 3.01. The maximum atomic E-state index is 6.09. The van der Waals surface area contributed by atoms with Crippen molar-refractivity contribution in [3.8, 4) is 0 Å². The van der Waals surface area contributed by atoms with E-state index in [1.54, 1.807) is 0 Å². The molecule has 0 atom stereocenters. The van der Waals surface area contributed by atoms with Crippen molar-refractivity contribution in [2.24, 2.45) is 5.92 Å². The van der Waals surface area contributed by atoms with E-state index in [0.717, 1.165) is 35.0 Å². The van der Waals surface area contributed by atoms with E-state index in [0.29, 0.717) is 0 Å². The number of likely N-dealkylation sites (tertiary alicyclic amines) is 1. The minimum Gasteiger partial charge on any atom is -0.398 e. The lowest BCUT2D eigenvalue weighted by molar-refractivity contribution is 0.170. The summed E-state index contributed by atoms with van der Waals surface area (Å²) >= 11 is 0. The summed E-state index contributed by atoms with van der Waals surface area (Å²) in [7, 11) is 0. The Morgan fingerprint density at radius 1 is 1.32 bits per heavy atom. The van der Waals surface area contributed by atoms with Gasteiger partial charge in [0.25, 0.3) is 0 Å². The quantitative estimate of drug-likeness (QED) is 0.904. The third-order valence-corrected chi connectivity index (χ3v) is 4.45. The summed E-state index contributed by atoms with van der Waals surface area (Å²) in [5.41, 5.74) is 10.4. The van der Waals surface area contributed by atoms with Gasteiger partial charge in [0.15, 0.2) is 0 Å². The van der Waals surface area contributed by atoms with Gasteiger partial charge in [0.2, 0.25) is 0 Å². The maximum Gasteiger partial charge on any atom is 0.0593 e. The van der Waals surface area contributed by atoms with Crippen LogP contribution in [0.25, 0.3) is 0 Å². The van der Waals surface area contributed by atoms with Gasteiger partial charge in [-0.1, -0.05) is 19.8 Å². The highest BCUT2D eigenvalue weighted by molar-refractivity contribution is 5.53. The first-order valence-electron chi connectivity index (χ1n) is 7.54. The van der Waals surface area contributed by atoms with Gasteiger partial charge in [-0.25, -0.2) is 0 Å². The number of aryl methyl sites for hydroxylation is 1. The second-order valence-electron chi connectivity index (χ2n) is 5.93. The number of piperidine rings is 1. The van der Waals surface area contributed by atoms with Crippen LogP contribution in [-0.2, 0) is 6.54 Å². The monoisotopic (exact) mass is 261 g/mol. The fourth-order valence-corrected chi connectivity index (χ4v) is 3.01. The molecule has 3 nitrogen and oxygen atoms in total. The summed E-state index contributed by atoms with van der Waals surface area (Å²) in [4.78, 5) is 7.09. The molecule has 1 aliphatic heterocycles. The third-order valence-electron chi connectivity index (χ3n) is 4.45. The molecule has 0 saturated carbocycles. The standard InChI is InChI=1S/C16H27N3/c1-4-5-14-6-8-19(9-7-14)11-15-13(3)16(17)12(2)10-18-15/h10,14H,4-9,11H2,1-3H3,(H2,17,18). The van der Waals surface area contributed by atoms with Crippen LogP contribution in [0.3, 0.4) is 0 Å². The van der Waals surface area contributed by atoms with Crippen molar-refractivity contribution in [3.63, 3.8) is 0 Å². The average molecular weight is 261 g/mol. The largest absolute Gasteiger partial charge is 0.398 e. The normalized spacial score (nSPS) is 17.8. The Balaban J connectivity index is 1.94. The number of hydrogen-bond donors (Lipinski definition) is 1. The molecule has 2 heterocycles. The zero-order valence-electron chi connectivity index (χ0n) is 12.6. The molecule has 3 heteroatoms. The Bertz CT molecular complexity index is 420. The van der Waals surface area contributed by atoms with Crippen LogP contribution in [0.4, 0.5) is 5.69 Å². The molecule has 19 heavy (non-hydrogen) atoms. The molecular weight excluding hydrogens is 234 g/mol. The van der Waals surface area contributed by atoms with Crippen molar-refractivity contribution in [1.29, 1.82) is 0 Å². The molecule has 0 aromatic carbocycles. The molecule has 1 aromatic rings. The predicted octanol–water partition coefficient (Wildman–Crippen LogP) is 3.29. The van der Waals surface area contributed by atoms with Crippen LogP contribution in [0.15, 0.2) is 6.20 Å². The van der Waals surface area contributed by atoms with E-state index in [1.165, 1.54) is 38.8 Å². The minimum absolute atomic E-state index is 0.908. The Morgan fingerprint density at radius 2 is 2.00 bits per heavy atom. The Morgan fingerprint density at radius 3 is 2.63 bits per heavy atom. The summed E-state index contributed by atoms with van der Waals surface area (Å²) in [5, 5.41) is 0. The van der Waals surface area contributed by atoms with Crippen molar-refractivity contribution in [2.45, 2.75) is 53.0 Å². The molecule has 1 fully saturated rings. The van der Waals surface area contributed by atoms with Gasteiger partial charge in [0, 0.05) is 18.4 Å². The first-order valence-corrected chi connectivity index (χ1v) is 7.54. The molecular formula is C16H27N3. The van der Waals surface area contributed by atoms with Gasteiger partial charge in [-0.05, 0) is 56.8 Å². The molecule has 0 bridgehead atoms. The van der Waals surface area contributed by atoms with Crippen LogP contribution < -0.4 is 5.73 Å². The van der Waals surface area contributed by atoms with E-state index in [1.807, 2.05) is 13.1 Å². The van der Waals surface area contributed by atoms with Crippen LogP contribution >= 0.6 is 0 Å². The molecule has 1 saturated heterocycles. The van der Waals surface area contributed by atoms with E-state index in [4.69, 9.17) is 5.73 Å². The first kappa shape index (κ1) is 14.3. The molecule has 2 rings (SSSR count). The van der Waals surface area contributed by atoms with Gasteiger partial charge >= 0.3 is 0 Å².